The van der Waals surface area contributed by atoms with Gasteiger partial charge in [-0.3, -0.25) is 4.79 Å². The monoisotopic (exact) mass is 319 g/mol. The highest BCUT2D eigenvalue weighted by molar-refractivity contribution is 7.98. The van der Waals surface area contributed by atoms with E-state index in [1.807, 2.05) is 0 Å². The maximum absolute atomic E-state index is 12.0. The summed E-state index contributed by atoms with van der Waals surface area (Å²) in [6.45, 7) is 1.28. The molecule has 0 unspecified atom stereocenters. The van der Waals surface area contributed by atoms with Crippen LogP contribution in [0.5, 0.6) is 0 Å². The van der Waals surface area contributed by atoms with Gasteiger partial charge in [-0.25, -0.2) is 9.78 Å². The number of nitriles is 1. The Hall–Kier alpha value is -2.07. The van der Waals surface area contributed by atoms with Crippen molar-refractivity contribution >= 4 is 23.6 Å². The van der Waals surface area contributed by atoms with Crippen LogP contribution in [0, 0.1) is 17.2 Å². The molecule has 1 atom stereocenters. The van der Waals surface area contributed by atoms with Crippen molar-refractivity contribution in [1.82, 2.24) is 10.3 Å². The number of hydrogen-bond donors (Lipinski definition) is 1. The van der Waals surface area contributed by atoms with Gasteiger partial charge in [-0.15, -0.1) is 11.8 Å². The Labute approximate surface area is 133 Å². The van der Waals surface area contributed by atoms with E-state index in [0.29, 0.717) is 10.6 Å². The second-order valence-electron chi connectivity index (χ2n) is 5.27. The molecule has 1 heterocycles. The number of amides is 1. The molecule has 1 aliphatic carbocycles. The molecule has 1 aliphatic rings. The molecule has 6 nitrogen and oxygen atoms in total. The van der Waals surface area contributed by atoms with E-state index in [0.717, 1.165) is 12.8 Å². The van der Waals surface area contributed by atoms with Crippen LogP contribution in [0.25, 0.3) is 0 Å². The lowest BCUT2D eigenvalue weighted by Gasteiger charge is -2.22. The number of carbonyl (C=O) groups is 2. The van der Waals surface area contributed by atoms with E-state index in [2.05, 4.69) is 16.4 Å². The summed E-state index contributed by atoms with van der Waals surface area (Å²) >= 11 is 1.33. The van der Waals surface area contributed by atoms with E-state index in [-0.39, 0.29) is 5.92 Å². The fraction of sp³-hybridized carbons (Fsp3) is 0.467. The maximum atomic E-state index is 12.0. The minimum absolute atomic E-state index is 0.179. The van der Waals surface area contributed by atoms with Gasteiger partial charge in [0.2, 0.25) is 0 Å². The van der Waals surface area contributed by atoms with Crippen LogP contribution in [-0.2, 0) is 9.53 Å². The Balaban J connectivity index is 1.91. The summed E-state index contributed by atoms with van der Waals surface area (Å²) in [5.41, 5.74) is -0.560. The first-order valence-corrected chi connectivity index (χ1v) is 8.11. The Bertz CT molecular complexity index is 625. The van der Waals surface area contributed by atoms with Crippen LogP contribution in [0.3, 0.4) is 0 Å². The molecule has 0 aliphatic heterocycles. The summed E-state index contributed by atoms with van der Waals surface area (Å²) in [5.74, 6) is -0.893. The fourth-order valence-electron chi connectivity index (χ4n) is 2.13. The Morgan fingerprint density at radius 3 is 2.91 bits per heavy atom. The van der Waals surface area contributed by atoms with Crippen LogP contribution in [0.4, 0.5) is 0 Å². The molecular formula is C15H17N3O3S. The van der Waals surface area contributed by atoms with Gasteiger partial charge in [0.25, 0.3) is 5.91 Å². The minimum atomic E-state index is -0.887. The number of nitrogens with zero attached hydrogens (tertiary/aromatic N) is 2. The van der Waals surface area contributed by atoms with Crippen molar-refractivity contribution in [3.63, 3.8) is 0 Å². The second-order valence-corrected chi connectivity index (χ2v) is 6.07. The van der Waals surface area contributed by atoms with E-state index in [4.69, 9.17) is 4.74 Å². The van der Waals surface area contributed by atoms with Crippen molar-refractivity contribution in [2.75, 3.05) is 12.9 Å². The molecule has 1 aromatic rings. The molecule has 0 saturated heterocycles. The van der Waals surface area contributed by atoms with E-state index < -0.39 is 24.0 Å². The van der Waals surface area contributed by atoms with E-state index in [9.17, 15) is 14.9 Å². The van der Waals surface area contributed by atoms with E-state index in [1.54, 1.807) is 31.5 Å². The Morgan fingerprint density at radius 2 is 2.32 bits per heavy atom. The number of ether oxygens (including phenoxy) is 1. The topological polar surface area (TPSA) is 92.1 Å². The number of nitrogens with one attached hydrogen (secondary N) is 1. The lowest BCUT2D eigenvalue weighted by Crippen LogP contribution is -2.48. The first-order chi connectivity index (χ1) is 10.5. The number of esters is 1. The molecule has 0 radical (unpaired) electrons. The average Bonchev–Trinajstić information content (AvgIpc) is 3.37. The number of rotatable bonds is 6. The molecular weight excluding hydrogens is 302 g/mol. The second kappa shape index (κ2) is 6.79. The van der Waals surface area contributed by atoms with Crippen LogP contribution in [0.2, 0.25) is 0 Å². The van der Waals surface area contributed by atoms with Gasteiger partial charge in [-0.05, 0) is 44.1 Å². The zero-order valence-electron chi connectivity index (χ0n) is 12.5. The largest absolute Gasteiger partial charge is 0.452 e. The SMILES string of the molecule is CSc1ncccc1C(=O)OCC(=O)N[C@@](C)(C#N)C1CC1. The van der Waals surface area contributed by atoms with Gasteiger partial charge in [-0.1, -0.05) is 0 Å². The van der Waals surface area contributed by atoms with Crippen molar-refractivity contribution in [2.45, 2.75) is 30.3 Å². The van der Waals surface area contributed by atoms with Gasteiger partial charge in [0.05, 0.1) is 11.6 Å². The van der Waals surface area contributed by atoms with Gasteiger partial charge < -0.3 is 10.1 Å². The summed E-state index contributed by atoms with van der Waals surface area (Å²) in [6.07, 6.45) is 5.25. The molecule has 1 amide bonds. The van der Waals surface area contributed by atoms with Crippen LogP contribution >= 0.6 is 11.8 Å². The molecule has 116 valence electrons. The van der Waals surface area contributed by atoms with Crippen molar-refractivity contribution in [2.24, 2.45) is 5.92 Å². The van der Waals surface area contributed by atoms with Gasteiger partial charge in [0.15, 0.2) is 6.61 Å². The van der Waals surface area contributed by atoms with Crippen molar-refractivity contribution in [3.8, 4) is 6.07 Å². The molecule has 1 fully saturated rings. The Morgan fingerprint density at radius 1 is 1.59 bits per heavy atom. The van der Waals surface area contributed by atoms with E-state index >= 15 is 0 Å². The van der Waals surface area contributed by atoms with Crippen molar-refractivity contribution in [1.29, 1.82) is 5.26 Å². The molecule has 0 spiro atoms. The number of hydrogen-bond acceptors (Lipinski definition) is 6. The van der Waals surface area contributed by atoms with Gasteiger partial charge in [0.1, 0.15) is 10.6 Å². The molecule has 1 saturated carbocycles. The molecule has 1 N–H and O–H groups in total. The highest BCUT2D eigenvalue weighted by Gasteiger charge is 2.43. The number of pyridine rings is 1. The number of thioether (sulfide) groups is 1. The molecule has 7 heteroatoms. The smallest absolute Gasteiger partial charge is 0.341 e. The molecule has 0 aromatic carbocycles. The highest BCUT2D eigenvalue weighted by Crippen LogP contribution is 2.39. The molecule has 2 rings (SSSR count). The fourth-order valence-corrected chi connectivity index (χ4v) is 2.66. The predicted octanol–water partition coefficient (Wildman–Crippen LogP) is 1.77. The van der Waals surface area contributed by atoms with Crippen molar-refractivity contribution < 1.29 is 14.3 Å². The van der Waals surface area contributed by atoms with Gasteiger partial charge >= 0.3 is 5.97 Å². The normalized spacial score (nSPS) is 16.2. The minimum Gasteiger partial charge on any atom is -0.452 e. The number of carbonyl (C=O) groups excluding carboxylic acids is 2. The summed E-state index contributed by atoms with van der Waals surface area (Å²) < 4.78 is 5.01. The molecule has 22 heavy (non-hydrogen) atoms. The average molecular weight is 319 g/mol. The third kappa shape index (κ3) is 3.77. The van der Waals surface area contributed by atoms with Crippen LogP contribution in [0.15, 0.2) is 23.4 Å². The summed E-state index contributed by atoms with van der Waals surface area (Å²) in [6, 6.07) is 5.36. The molecule has 0 bridgehead atoms. The van der Waals surface area contributed by atoms with Gasteiger partial charge in [0, 0.05) is 6.20 Å². The maximum Gasteiger partial charge on any atom is 0.341 e. The lowest BCUT2D eigenvalue weighted by atomic mass is 9.98. The first kappa shape index (κ1) is 16.3. The Kier molecular flexibility index (Phi) is 5.03. The quantitative estimate of drug-likeness (QED) is 0.634. The summed E-state index contributed by atoms with van der Waals surface area (Å²) in [5, 5.41) is 12.4. The zero-order chi connectivity index (χ0) is 16.2. The third-order valence-corrected chi connectivity index (χ3v) is 4.26. The molecule has 1 aromatic heterocycles. The van der Waals surface area contributed by atoms with Crippen LogP contribution in [-0.4, -0.2) is 35.3 Å². The summed E-state index contributed by atoms with van der Waals surface area (Å²) in [7, 11) is 0. The van der Waals surface area contributed by atoms with Gasteiger partial charge in [-0.2, -0.15) is 5.26 Å². The number of aromatic nitrogens is 1. The third-order valence-electron chi connectivity index (χ3n) is 3.54. The standard InChI is InChI=1S/C15H17N3O3S/c1-15(9-16,10-5-6-10)18-12(19)8-21-14(20)11-4-3-7-17-13(11)22-2/h3-4,7,10H,5-6,8H2,1-2H3,(H,18,19)/t15-/m0/s1. The van der Waals surface area contributed by atoms with E-state index in [1.165, 1.54) is 11.8 Å². The van der Waals surface area contributed by atoms with Crippen LogP contribution < -0.4 is 5.32 Å². The highest BCUT2D eigenvalue weighted by atomic mass is 32.2. The lowest BCUT2D eigenvalue weighted by molar-refractivity contribution is -0.125. The zero-order valence-corrected chi connectivity index (χ0v) is 13.3. The predicted molar refractivity (Wildman–Crippen MR) is 81.2 cm³/mol. The summed E-state index contributed by atoms with van der Waals surface area (Å²) in [4.78, 5) is 27.9. The first-order valence-electron chi connectivity index (χ1n) is 6.88. The van der Waals surface area contributed by atoms with Crippen LogP contribution in [0.1, 0.15) is 30.1 Å². The van der Waals surface area contributed by atoms with Crippen molar-refractivity contribution in [3.05, 3.63) is 23.9 Å².